The van der Waals surface area contributed by atoms with Crippen LogP contribution in [0.25, 0.3) is 0 Å². The van der Waals surface area contributed by atoms with Gasteiger partial charge >= 0.3 is 10.3 Å². The average Bonchev–Trinajstić information content (AvgIpc) is 2.67. The summed E-state index contributed by atoms with van der Waals surface area (Å²) in [5, 5.41) is 0. The summed E-state index contributed by atoms with van der Waals surface area (Å²) in [4.78, 5) is 0. The van der Waals surface area contributed by atoms with E-state index in [1.807, 2.05) is 30.3 Å². The Bertz CT molecular complexity index is 429. The minimum Gasteiger partial charge on any atom is -0.273 e. The summed E-state index contributed by atoms with van der Waals surface area (Å²) >= 11 is 0. The molecule has 0 radical (unpaired) electrons. The zero-order chi connectivity index (χ0) is 10.9. The monoisotopic (exact) mass is 227 g/mol. The van der Waals surface area contributed by atoms with Gasteiger partial charge in [0.15, 0.2) is 0 Å². The minimum atomic E-state index is -4.07. The second-order valence-corrected chi connectivity index (χ2v) is 5.02. The van der Waals surface area contributed by atoms with Gasteiger partial charge in [0, 0.05) is 6.54 Å². The van der Waals surface area contributed by atoms with E-state index >= 15 is 0 Å². The molecular weight excluding hydrogens is 214 g/mol. The molecule has 1 saturated heterocycles. The van der Waals surface area contributed by atoms with Crippen LogP contribution >= 0.6 is 0 Å². The fraction of sp³-hybridized carbons (Fsp3) is 0.400. The summed E-state index contributed by atoms with van der Waals surface area (Å²) in [5.74, 6) is 0. The summed E-state index contributed by atoms with van der Waals surface area (Å²) in [7, 11) is -4.07. The molecule has 1 N–H and O–H groups in total. The van der Waals surface area contributed by atoms with E-state index in [0.29, 0.717) is 6.54 Å². The van der Waals surface area contributed by atoms with Gasteiger partial charge in [-0.3, -0.25) is 4.55 Å². The Morgan fingerprint density at radius 1 is 1.27 bits per heavy atom. The fourth-order valence-corrected chi connectivity index (χ4v) is 2.93. The Labute approximate surface area is 89.4 Å². The van der Waals surface area contributed by atoms with Crippen molar-refractivity contribution in [1.29, 1.82) is 0 Å². The van der Waals surface area contributed by atoms with E-state index in [1.165, 1.54) is 0 Å². The van der Waals surface area contributed by atoms with Gasteiger partial charge in [0.1, 0.15) is 0 Å². The van der Waals surface area contributed by atoms with Crippen molar-refractivity contribution in [2.75, 3.05) is 6.54 Å². The molecule has 1 aliphatic heterocycles. The number of rotatable bonds is 2. The van der Waals surface area contributed by atoms with E-state index in [0.717, 1.165) is 22.7 Å². The first kappa shape index (κ1) is 10.6. The first-order chi connectivity index (χ1) is 7.09. The third kappa shape index (κ3) is 2.19. The van der Waals surface area contributed by atoms with Crippen LogP contribution in [-0.4, -0.2) is 23.8 Å². The molecule has 0 aliphatic carbocycles. The van der Waals surface area contributed by atoms with Gasteiger partial charge in [0.25, 0.3) is 0 Å². The summed E-state index contributed by atoms with van der Waals surface area (Å²) in [5.41, 5.74) is 0.938. The van der Waals surface area contributed by atoms with Crippen LogP contribution < -0.4 is 0 Å². The van der Waals surface area contributed by atoms with E-state index in [-0.39, 0.29) is 6.04 Å². The smallest absolute Gasteiger partial charge is 0.273 e. The first-order valence-electron chi connectivity index (χ1n) is 4.88. The lowest BCUT2D eigenvalue weighted by Gasteiger charge is -2.20. The molecule has 1 heterocycles. The molecule has 0 amide bonds. The third-order valence-corrected chi connectivity index (χ3v) is 3.71. The lowest BCUT2D eigenvalue weighted by Crippen LogP contribution is -2.29. The maximum atomic E-state index is 11.1. The Kier molecular flexibility index (Phi) is 2.77. The van der Waals surface area contributed by atoms with Crippen LogP contribution in [0.4, 0.5) is 0 Å². The predicted octanol–water partition coefficient (Wildman–Crippen LogP) is 1.63. The van der Waals surface area contributed by atoms with Crippen molar-refractivity contribution in [3.63, 3.8) is 0 Å². The van der Waals surface area contributed by atoms with Gasteiger partial charge < -0.3 is 0 Å². The molecule has 1 atom stereocenters. The van der Waals surface area contributed by atoms with Gasteiger partial charge in [0.05, 0.1) is 6.04 Å². The summed E-state index contributed by atoms with van der Waals surface area (Å²) in [6.45, 7) is 0.401. The third-order valence-electron chi connectivity index (χ3n) is 2.68. The SMILES string of the molecule is O=S(=O)(O)N1CCCC1c1ccccc1. The highest BCUT2D eigenvalue weighted by Gasteiger charge is 2.33. The van der Waals surface area contributed by atoms with Crippen LogP contribution in [0.1, 0.15) is 24.4 Å². The molecule has 1 unspecified atom stereocenters. The summed E-state index contributed by atoms with van der Waals surface area (Å²) in [6, 6.07) is 9.19. The van der Waals surface area contributed by atoms with Crippen molar-refractivity contribution < 1.29 is 13.0 Å². The largest absolute Gasteiger partial charge is 0.336 e. The maximum Gasteiger partial charge on any atom is 0.336 e. The van der Waals surface area contributed by atoms with Gasteiger partial charge in [-0.05, 0) is 18.4 Å². The molecule has 1 aromatic rings. The lowest BCUT2D eigenvalue weighted by atomic mass is 10.1. The van der Waals surface area contributed by atoms with Crippen molar-refractivity contribution in [2.24, 2.45) is 0 Å². The van der Waals surface area contributed by atoms with Crippen LogP contribution in [0.2, 0.25) is 0 Å². The van der Waals surface area contributed by atoms with E-state index in [4.69, 9.17) is 4.55 Å². The van der Waals surface area contributed by atoms with E-state index in [9.17, 15) is 8.42 Å². The first-order valence-corrected chi connectivity index (χ1v) is 6.28. The van der Waals surface area contributed by atoms with E-state index in [2.05, 4.69) is 0 Å². The van der Waals surface area contributed by atoms with Crippen LogP contribution in [0, 0.1) is 0 Å². The minimum absolute atomic E-state index is 0.207. The molecule has 0 bridgehead atoms. The van der Waals surface area contributed by atoms with Crippen LogP contribution in [0.15, 0.2) is 30.3 Å². The van der Waals surface area contributed by atoms with Gasteiger partial charge in [-0.15, -0.1) is 0 Å². The summed E-state index contributed by atoms with van der Waals surface area (Å²) < 4.78 is 32.4. The van der Waals surface area contributed by atoms with Crippen molar-refractivity contribution in [1.82, 2.24) is 4.31 Å². The van der Waals surface area contributed by atoms with Gasteiger partial charge in [-0.25, -0.2) is 0 Å². The molecule has 0 saturated carbocycles. The normalized spacial score (nSPS) is 23.1. The molecule has 1 aliphatic rings. The Balaban J connectivity index is 2.30. The van der Waals surface area contributed by atoms with Crippen molar-refractivity contribution >= 4 is 10.3 Å². The van der Waals surface area contributed by atoms with Gasteiger partial charge in [-0.1, -0.05) is 30.3 Å². The van der Waals surface area contributed by atoms with Crippen LogP contribution in [0.3, 0.4) is 0 Å². The Morgan fingerprint density at radius 2 is 1.93 bits per heavy atom. The molecule has 15 heavy (non-hydrogen) atoms. The zero-order valence-electron chi connectivity index (χ0n) is 8.20. The molecule has 0 spiro atoms. The highest BCUT2D eigenvalue weighted by molar-refractivity contribution is 7.83. The highest BCUT2D eigenvalue weighted by atomic mass is 32.2. The Hall–Kier alpha value is -0.910. The number of hydrogen-bond donors (Lipinski definition) is 1. The predicted molar refractivity (Wildman–Crippen MR) is 56.7 cm³/mol. The highest BCUT2D eigenvalue weighted by Crippen LogP contribution is 2.33. The van der Waals surface area contributed by atoms with Gasteiger partial charge in [0.2, 0.25) is 0 Å². The summed E-state index contributed by atoms with van der Waals surface area (Å²) in [6.07, 6.45) is 1.56. The number of benzene rings is 1. The molecular formula is C10H13NO3S. The average molecular weight is 227 g/mol. The lowest BCUT2D eigenvalue weighted by molar-refractivity contribution is 0.340. The van der Waals surface area contributed by atoms with Crippen molar-refractivity contribution in [3.05, 3.63) is 35.9 Å². The fourth-order valence-electron chi connectivity index (χ4n) is 2.02. The number of nitrogens with zero attached hydrogens (tertiary/aromatic N) is 1. The molecule has 82 valence electrons. The zero-order valence-corrected chi connectivity index (χ0v) is 9.02. The standard InChI is InChI=1S/C10H13NO3S/c12-15(13,14)11-8-4-7-10(11)9-5-2-1-3-6-9/h1-3,5-6,10H,4,7-8H2,(H,12,13,14). The van der Waals surface area contributed by atoms with E-state index < -0.39 is 10.3 Å². The second-order valence-electron chi connectivity index (χ2n) is 3.66. The maximum absolute atomic E-state index is 11.1. The molecule has 1 fully saturated rings. The molecule has 4 nitrogen and oxygen atoms in total. The molecule has 5 heteroatoms. The van der Waals surface area contributed by atoms with Crippen LogP contribution in [0.5, 0.6) is 0 Å². The quantitative estimate of drug-likeness (QED) is 0.781. The van der Waals surface area contributed by atoms with Crippen molar-refractivity contribution in [2.45, 2.75) is 18.9 Å². The van der Waals surface area contributed by atoms with Gasteiger partial charge in [-0.2, -0.15) is 12.7 Å². The molecule has 1 aromatic carbocycles. The number of hydrogen-bond acceptors (Lipinski definition) is 2. The topological polar surface area (TPSA) is 57.6 Å². The van der Waals surface area contributed by atoms with E-state index in [1.54, 1.807) is 0 Å². The van der Waals surface area contributed by atoms with Crippen molar-refractivity contribution in [3.8, 4) is 0 Å². The molecule has 0 aromatic heterocycles. The Morgan fingerprint density at radius 3 is 2.53 bits per heavy atom. The molecule has 2 rings (SSSR count). The second kappa shape index (κ2) is 3.92. The van der Waals surface area contributed by atoms with Crippen LogP contribution in [-0.2, 0) is 10.3 Å².